The monoisotopic (exact) mass is 195 g/mol. The molecule has 1 N–H and O–H groups in total. The lowest BCUT2D eigenvalue weighted by Crippen LogP contribution is -2.06. The maximum atomic E-state index is 11.4. The molecule has 4 heteroatoms. The molecule has 0 fully saturated rings. The summed E-state index contributed by atoms with van der Waals surface area (Å²) in [7, 11) is 0. The zero-order chi connectivity index (χ0) is 9.42. The molecule has 0 heterocycles. The van der Waals surface area contributed by atoms with Gasteiger partial charge in [0.2, 0.25) is 5.78 Å². The minimum absolute atomic E-state index is 0.178. The number of Topliss-reactive ketones (excluding diaryl/α,β-unsaturated/α-hetero) is 1. The molecule has 0 amide bonds. The highest BCUT2D eigenvalue weighted by molar-refractivity contribution is 6.49. The minimum Gasteiger partial charge on any atom is -0.411 e. The zero-order valence-corrected chi connectivity index (χ0v) is 7.38. The fourth-order valence-corrected chi connectivity index (χ4v) is 1.58. The largest absolute Gasteiger partial charge is 0.411 e. The van der Waals surface area contributed by atoms with E-state index in [9.17, 15) is 4.79 Å². The number of rotatable bonds is 0. The smallest absolute Gasteiger partial charge is 0.211 e. The molecule has 2 rings (SSSR count). The van der Waals surface area contributed by atoms with E-state index >= 15 is 0 Å². The van der Waals surface area contributed by atoms with Crippen LogP contribution in [0.2, 0.25) is 5.02 Å². The average Bonchev–Trinajstić information content (AvgIpc) is 2.44. The van der Waals surface area contributed by atoms with Crippen LogP contribution in [-0.4, -0.2) is 16.7 Å². The third kappa shape index (κ3) is 1.21. The van der Waals surface area contributed by atoms with Crippen molar-refractivity contribution in [2.75, 3.05) is 0 Å². The number of carbonyl (C=O) groups excluding carboxylic acids is 1. The second-order valence-corrected chi connectivity index (χ2v) is 3.29. The number of hydrogen-bond donors (Lipinski definition) is 1. The molecule has 1 aromatic rings. The van der Waals surface area contributed by atoms with Gasteiger partial charge in [-0.15, -0.1) is 0 Å². The molecule has 0 atom stereocenters. The van der Waals surface area contributed by atoms with Crippen molar-refractivity contribution in [1.29, 1.82) is 0 Å². The molecule has 0 unspecified atom stereocenters. The van der Waals surface area contributed by atoms with Gasteiger partial charge in [-0.2, -0.15) is 0 Å². The Morgan fingerprint density at radius 3 is 2.92 bits per heavy atom. The van der Waals surface area contributed by atoms with Crippen LogP contribution in [0.5, 0.6) is 0 Å². The van der Waals surface area contributed by atoms with Crippen LogP contribution in [-0.2, 0) is 6.42 Å². The van der Waals surface area contributed by atoms with Gasteiger partial charge in [0.15, 0.2) is 0 Å². The van der Waals surface area contributed by atoms with Gasteiger partial charge in [-0.3, -0.25) is 4.79 Å². The van der Waals surface area contributed by atoms with E-state index in [2.05, 4.69) is 5.16 Å². The minimum atomic E-state index is -0.236. The predicted molar refractivity (Wildman–Crippen MR) is 48.7 cm³/mol. The molecule has 1 aromatic carbocycles. The summed E-state index contributed by atoms with van der Waals surface area (Å²) < 4.78 is 0. The SMILES string of the molecule is O=C1/C(=N/O)Cc2ccc(Cl)cc21. The first-order chi connectivity index (χ1) is 6.22. The Morgan fingerprint density at radius 1 is 1.46 bits per heavy atom. The van der Waals surface area contributed by atoms with Gasteiger partial charge in [0, 0.05) is 17.0 Å². The van der Waals surface area contributed by atoms with Gasteiger partial charge in [-0.1, -0.05) is 22.8 Å². The van der Waals surface area contributed by atoms with Crippen LogP contribution in [0.15, 0.2) is 23.4 Å². The molecule has 3 nitrogen and oxygen atoms in total. The average molecular weight is 196 g/mol. The summed E-state index contributed by atoms with van der Waals surface area (Å²) in [5.41, 5.74) is 1.58. The van der Waals surface area contributed by atoms with Gasteiger partial charge >= 0.3 is 0 Å². The molecule has 0 bridgehead atoms. The van der Waals surface area contributed by atoms with E-state index in [1.165, 1.54) is 0 Å². The van der Waals surface area contributed by atoms with Gasteiger partial charge in [0.1, 0.15) is 5.71 Å². The molecule has 0 aliphatic heterocycles. The summed E-state index contributed by atoms with van der Waals surface area (Å²) in [5, 5.41) is 12.0. The van der Waals surface area contributed by atoms with Gasteiger partial charge in [-0.05, 0) is 17.7 Å². The highest BCUT2D eigenvalue weighted by Crippen LogP contribution is 2.23. The maximum absolute atomic E-state index is 11.4. The number of fused-ring (bicyclic) bond motifs is 1. The summed E-state index contributed by atoms with van der Waals surface area (Å²) in [5.74, 6) is -0.236. The molecule has 0 saturated heterocycles. The van der Waals surface area contributed by atoms with Crippen molar-refractivity contribution in [3.05, 3.63) is 34.3 Å². The molecular formula is C9H6ClNO2. The van der Waals surface area contributed by atoms with E-state index in [1.807, 2.05) is 0 Å². The zero-order valence-electron chi connectivity index (χ0n) is 6.62. The van der Waals surface area contributed by atoms with Crippen molar-refractivity contribution >= 4 is 23.1 Å². The topological polar surface area (TPSA) is 49.7 Å². The van der Waals surface area contributed by atoms with Crippen molar-refractivity contribution in [2.24, 2.45) is 5.16 Å². The lowest BCUT2D eigenvalue weighted by atomic mass is 10.1. The summed E-state index contributed by atoms with van der Waals surface area (Å²) in [6.07, 6.45) is 0.391. The predicted octanol–water partition coefficient (Wildman–Crippen LogP) is 1.91. The second-order valence-electron chi connectivity index (χ2n) is 2.85. The third-order valence-electron chi connectivity index (χ3n) is 2.06. The van der Waals surface area contributed by atoms with Crippen LogP contribution in [0.4, 0.5) is 0 Å². The first-order valence-electron chi connectivity index (χ1n) is 3.76. The molecule has 1 aliphatic carbocycles. The van der Waals surface area contributed by atoms with Gasteiger partial charge in [0.25, 0.3) is 0 Å². The molecule has 0 aromatic heterocycles. The lowest BCUT2D eigenvalue weighted by Gasteiger charge is -1.94. The number of ketones is 1. The molecule has 0 saturated carbocycles. The summed E-state index contributed by atoms with van der Waals surface area (Å²) in [4.78, 5) is 11.4. The van der Waals surface area contributed by atoms with Crippen LogP contribution >= 0.6 is 11.6 Å². The van der Waals surface area contributed by atoms with Crippen molar-refractivity contribution in [2.45, 2.75) is 6.42 Å². The first-order valence-corrected chi connectivity index (χ1v) is 4.14. The first kappa shape index (κ1) is 8.26. The third-order valence-corrected chi connectivity index (χ3v) is 2.29. The van der Waals surface area contributed by atoms with Crippen molar-refractivity contribution < 1.29 is 10.0 Å². The molecule has 1 aliphatic rings. The van der Waals surface area contributed by atoms with Crippen LogP contribution in [0, 0.1) is 0 Å². The van der Waals surface area contributed by atoms with E-state index in [0.717, 1.165) is 5.56 Å². The highest BCUT2D eigenvalue weighted by atomic mass is 35.5. The van der Waals surface area contributed by atoms with Crippen LogP contribution < -0.4 is 0 Å². The lowest BCUT2D eigenvalue weighted by molar-refractivity contribution is 0.106. The number of halogens is 1. The van der Waals surface area contributed by atoms with E-state index < -0.39 is 0 Å². The van der Waals surface area contributed by atoms with Gasteiger partial charge in [-0.25, -0.2) is 0 Å². The normalized spacial score (nSPS) is 17.9. The van der Waals surface area contributed by atoms with E-state index in [1.54, 1.807) is 18.2 Å². The van der Waals surface area contributed by atoms with E-state index in [0.29, 0.717) is 17.0 Å². The van der Waals surface area contributed by atoms with Crippen molar-refractivity contribution in [3.63, 3.8) is 0 Å². The Hall–Kier alpha value is -1.35. The molecule has 0 radical (unpaired) electrons. The Labute approximate surface area is 79.6 Å². The standard InChI is InChI=1S/C9H6ClNO2/c10-6-2-1-5-3-8(11-13)9(12)7(5)4-6/h1-2,4,13H,3H2/b11-8+. The quantitative estimate of drug-likeness (QED) is 0.508. The number of carbonyl (C=O) groups is 1. The Balaban J connectivity index is 2.57. The van der Waals surface area contributed by atoms with Gasteiger partial charge in [0.05, 0.1) is 0 Å². The number of benzene rings is 1. The van der Waals surface area contributed by atoms with E-state index in [-0.39, 0.29) is 11.5 Å². The van der Waals surface area contributed by atoms with Crippen molar-refractivity contribution in [1.82, 2.24) is 0 Å². The molecular weight excluding hydrogens is 190 g/mol. The van der Waals surface area contributed by atoms with Crippen LogP contribution in [0.1, 0.15) is 15.9 Å². The summed E-state index contributed by atoms with van der Waals surface area (Å²) in [6, 6.07) is 5.08. The summed E-state index contributed by atoms with van der Waals surface area (Å²) >= 11 is 5.72. The van der Waals surface area contributed by atoms with Crippen LogP contribution in [0.25, 0.3) is 0 Å². The number of hydrogen-bond acceptors (Lipinski definition) is 3. The Morgan fingerprint density at radius 2 is 2.23 bits per heavy atom. The Bertz CT molecular complexity index is 412. The van der Waals surface area contributed by atoms with Gasteiger partial charge < -0.3 is 5.21 Å². The number of nitrogens with zero attached hydrogens (tertiary/aromatic N) is 1. The second kappa shape index (κ2) is 2.85. The number of oxime groups is 1. The molecule has 13 heavy (non-hydrogen) atoms. The molecule has 66 valence electrons. The Kier molecular flexibility index (Phi) is 1.81. The fourth-order valence-electron chi connectivity index (χ4n) is 1.41. The van der Waals surface area contributed by atoms with E-state index in [4.69, 9.17) is 16.8 Å². The highest BCUT2D eigenvalue weighted by Gasteiger charge is 2.26. The maximum Gasteiger partial charge on any atom is 0.211 e. The molecule has 0 spiro atoms. The fraction of sp³-hybridized carbons (Fsp3) is 0.111. The van der Waals surface area contributed by atoms with Crippen molar-refractivity contribution in [3.8, 4) is 0 Å². The summed E-state index contributed by atoms with van der Waals surface area (Å²) in [6.45, 7) is 0. The van der Waals surface area contributed by atoms with Crippen LogP contribution in [0.3, 0.4) is 0 Å².